The highest BCUT2D eigenvalue weighted by Crippen LogP contribution is 2.23. The van der Waals surface area contributed by atoms with Crippen LogP contribution in [0.3, 0.4) is 0 Å². The number of hydrogen-bond donors (Lipinski definition) is 5. The summed E-state index contributed by atoms with van der Waals surface area (Å²) < 4.78 is 7.37. The summed E-state index contributed by atoms with van der Waals surface area (Å²) in [6.07, 6.45) is 2.45. The molecule has 2 aromatic heterocycles. The van der Waals surface area contributed by atoms with E-state index in [4.69, 9.17) is 39.4 Å². The van der Waals surface area contributed by atoms with Crippen LogP contribution in [-0.4, -0.2) is 62.1 Å². The van der Waals surface area contributed by atoms with E-state index in [2.05, 4.69) is 36.0 Å². The van der Waals surface area contributed by atoms with Crippen molar-refractivity contribution in [2.45, 2.75) is 58.7 Å². The summed E-state index contributed by atoms with van der Waals surface area (Å²) >= 11 is 12.0. The number of ether oxygens (including phenoxy) is 1. The summed E-state index contributed by atoms with van der Waals surface area (Å²) in [7, 11) is 0. The number of pyridine rings is 1. The van der Waals surface area contributed by atoms with Crippen LogP contribution in [0.25, 0.3) is 5.69 Å². The minimum atomic E-state index is -1.05. The molecule has 14 nitrogen and oxygen atoms in total. The van der Waals surface area contributed by atoms with Gasteiger partial charge in [-0.15, -0.1) is 5.10 Å². The SMILES string of the molecule is Cc1nc(C(=O)N[C@@H](CCCN=C(N)N)C(=O)N[C@@H](CC(C)C)C(=O)NCc2cc(Oc3ccc(Cl)cc3)ccn2)nn1-c1ccc(Cl)cc1. The standard InChI is InChI=1S/C34H40Cl2N10O4/c1-20(2)17-29(31(47)41-19-24-18-27(14-16-39-24)50-26-12-8-23(36)9-13-26)44-32(48)28(5-4-15-40-34(37)38)43-33(49)30-42-21(3)46(45-30)25-10-6-22(35)7-11-25/h6-14,16,18,20,28-29H,4-5,15,17,19H2,1-3H3,(H,41,47)(H,43,49)(H,44,48)(H4,37,38,40)/t28-,29-/m0/s1. The predicted octanol–water partition coefficient (Wildman–Crippen LogP) is 4.07. The van der Waals surface area contributed by atoms with Gasteiger partial charge in [-0.1, -0.05) is 37.0 Å². The minimum absolute atomic E-state index is 0.0548. The number of hydrogen-bond acceptors (Lipinski definition) is 8. The molecule has 7 N–H and O–H groups in total. The average Bonchev–Trinajstić information content (AvgIpc) is 3.47. The van der Waals surface area contributed by atoms with E-state index in [9.17, 15) is 14.4 Å². The number of halogens is 2. The Hall–Kier alpha value is -5.21. The minimum Gasteiger partial charge on any atom is -0.457 e. The number of guanidine groups is 1. The molecule has 0 aliphatic rings. The molecule has 4 rings (SSSR count). The molecule has 0 aliphatic carbocycles. The van der Waals surface area contributed by atoms with Crippen molar-refractivity contribution in [1.82, 2.24) is 35.7 Å². The first-order chi connectivity index (χ1) is 23.9. The Morgan fingerprint density at radius 2 is 1.60 bits per heavy atom. The summed E-state index contributed by atoms with van der Waals surface area (Å²) in [4.78, 5) is 53.0. The molecule has 50 heavy (non-hydrogen) atoms. The smallest absolute Gasteiger partial charge is 0.291 e. The van der Waals surface area contributed by atoms with E-state index in [0.717, 1.165) is 0 Å². The number of aliphatic imine (C=N–C) groups is 1. The third-order valence-corrected chi connectivity index (χ3v) is 7.74. The number of amides is 3. The fourth-order valence-electron chi connectivity index (χ4n) is 4.84. The van der Waals surface area contributed by atoms with Gasteiger partial charge in [0.1, 0.15) is 29.4 Å². The number of carbonyl (C=O) groups excluding carboxylic acids is 3. The van der Waals surface area contributed by atoms with Crippen molar-refractivity contribution in [3.63, 3.8) is 0 Å². The zero-order valence-electron chi connectivity index (χ0n) is 27.9. The zero-order chi connectivity index (χ0) is 36.2. The van der Waals surface area contributed by atoms with Crippen LogP contribution in [0.1, 0.15) is 55.2 Å². The first-order valence-electron chi connectivity index (χ1n) is 15.9. The summed E-state index contributed by atoms with van der Waals surface area (Å²) in [5.41, 5.74) is 12.1. The molecule has 3 amide bonds. The van der Waals surface area contributed by atoms with Crippen LogP contribution in [0, 0.1) is 12.8 Å². The maximum absolute atomic E-state index is 13.7. The fraction of sp³-hybridized carbons (Fsp3) is 0.324. The van der Waals surface area contributed by atoms with Crippen LogP contribution in [0.15, 0.2) is 71.9 Å². The van der Waals surface area contributed by atoms with Crippen molar-refractivity contribution in [3.8, 4) is 17.2 Å². The van der Waals surface area contributed by atoms with Crippen molar-refractivity contribution >= 4 is 46.9 Å². The second-order valence-corrected chi connectivity index (χ2v) is 12.7. The Balaban J connectivity index is 1.44. The van der Waals surface area contributed by atoms with Gasteiger partial charge in [-0.05, 0) is 86.7 Å². The molecule has 0 radical (unpaired) electrons. The average molecular weight is 724 g/mol. The van der Waals surface area contributed by atoms with Crippen LogP contribution in [0.5, 0.6) is 11.5 Å². The van der Waals surface area contributed by atoms with E-state index >= 15 is 0 Å². The number of nitrogens with one attached hydrogen (secondary N) is 3. The molecule has 0 saturated heterocycles. The Morgan fingerprint density at radius 1 is 0.920 bits per heavy atom. The van der Waals surface area contributed by atoms with E-state index in [0.29, 0.717) is 51.6 Å². The highest BCUT2D eigenvalue weighted by molar-refractivity contribution is 6.30. The molecule has 0 aliphatic heterocycles. The lowest BCUT2D eigenvalue weighted by molar-refractivity contribution is -0.130. The Morgan fingerprint density at radius 3 is 2.26 bits per heavy atom. The zero-order valence-corrected chi connectivity index (χ0v) is 29.4. The molecule has 0 saturated carbocycles. The molecule has 0 spiro atoms. The third-order valence-electron chi connectivity index (χ3n) is 7.23. The number of carbonyl (C=O) groups is 3. The number of aryl methyl sites for hydroxylation is 1. The third kappa shape index (κ3) is 11.4. The lowest BCUT2D eigenvalue weighted by Crippen LogP contribution is -2.54. The molecular formula is C34H40Cl2N10O4. The van der Waals surface area contributed by atoms with Crippen LogP contribution >= 0.6 is 23.2 Å². The molecule has 16 heteroatoms. The number of benzene rings is 2. The number of rotatable bonds is 16. The number of nitrogens with zero attached hydrogens (tertiary/aromatic N) is 5. The first kappa shape index (κ1) is 37.6. The van der Waals surface area contributed by atoms with Crippen molar-refractivity contribution in [3.05, 3.63) is 94.2 Å². The number of nitrogens with two attached hydrogens (primary N) is 2. The highest BCUT2D eigenvalue weighted by atomic mass is 35.5. The van der Waals surface area contributed by atoms with Crippen molar-refractivity contribution in [2.75, 3.05) is 6.54 Å². The molecule has 0 bridgehead atoms. The van der Waals surface area contributed by atoms with Crippen LogP contribution in [0.2, 0.25) is 10.0 Å². The molecule has 0 unspecified atom stereocenters. The van der Waals surface area contributed by atoms with E-state index in [1.807, 2.05) is 13.8 Å². The van der Waals surface area contributed by atoms with Crippen LogP contribution in [-0.2, 0) is 16.1 Å². The van der Waals surface area contributed by atoms with Crippen molar-refractivity contribution in [1.29, 1.82) is 0 Å². The van der Waals surface area contributed by atoms with Gasteiger partial charge in [-0.3, -0.25) is 24.4 Å². The van der Waals surface area contributed by atoms with Gasteiger partial charge in [0.05, 0.1) is 17.9 Å². The van der Waals surface area contributed by atoms with Crippen LogP contribution in [0.4, 0.5) is 0 Å². The molecule has 264 valence electrons. The maximum Gasteiger partial charge on any atom is 0.291 e. The van der Waals surface area contributed by atoms with Gasteiger partial charge in [0.25, 0.3) is 5.91 Å². The van der Waals surface area contributed by atoms with E-state index in [-0.39, 0.29) is 37.2 Å². The first-order valence-corrected chi connectivity index (χ1v) is 16.7. The van der Waals surface area contributed by atoms with Gasteiger partial charge >= 0.3 is 0 Å². The Labute approximate surface area is 300 Å². The monoisotopic (exact) mass is 722 g/mol. The lowest BCUT2D eigenvalue weighted by atomic mass is 10.0. The summed E-state index contributed by atoms with van der Waals surface area (Å²) in [6.45, 7) is 5.89. The van der Waals surface area contributed by atoms with Gasteiger partial charge in [0, 0.05) is 28.9 Å². The molecule has 2 aromatic carbocycles. The summed E-state index contributed by atoms with van der Waals surface area (Å²) in [6, 6.07) is 15.2. The van der Waals surface area contributed by atoms with Gasteiger partial charge in [0.2, 0.25) is 17.6 Å². The van der Waals surface area contributed by atoms with Gasteiger partial charge in [-0.2, -0.15) is 0 Å². The van der Waals surface area contributed by atoms with E-state index in [1.165, 1.54) is 4.68 Å². The Bertz CT molecular complexity index is 1790. The summed E-state index contributed by atoms with van der Waals surface area (Å²) in [5.74, 6) is -0.234. The maximum atomic E-state index is 13.7. The normalized spacial score (nSPS) is 12.1. The molecule has 0 fully saturated rings. The van der Waals surface area contributed by atoms with Gasteiger partial charge in [0.15, 0.2) is 5.96 Å². The van der Waals surface area contributed by atoms with E-state index in [1.54, 1.807) is 73.8 Å². The van der Waals surface area contributed by atoms with Crippen LogP contribution < -0.4 is 32.2 Å². The van der Waals surface area contributed by atoms with Gasteiger partial charge < -0.3 is 32.2 Å². The Kier molecular flexibility index (Phi) is 13.5. The lowest BCUT2D eigenvalue weighted by Gasteiger charge is -2.24. The highest BCUT2D eigenvalue weighted by Gasteiger charge is 2.29. The van der Waals surface area contributed by atoms with Gasteiger partial charge in [-0.25, -0.2) is 9.67 Å². The van der Waals surface area contributed by atoms with Crippen molar-refractivity contribution < 1.29 is 19.1 Å². The fourth-order valence-corrected chi connectivity index (χ4v) is 5.09. The van der Waals surface area contributed by atoms with Crippen molar-refractivity contribution in [2.24, 2.45) is 22.4 Å². The predicted molar refractivity (Wildman–Crippen MR) is 191 cm³/mol. The molecule has 4 aromatic rings. The molecular weight excluding hydrogens is 683 g/mol. The molecule has 2 atom stereocenters. The van der Waals surface area contributed by atoms with E-state index < -0.39 is 29.8 Å². The second kappa shape index (κ2) is 18.0. The quantitative estimate of drug-likeness (QED) is 0.0641. The largest absolute Gasteiger partial charge is 0.457 e. The number of aromatic nitrogens is 4. The molecule has 2 heterocycles. The topological polar surface area (TPSA) is 205 Å². The second-order valence-electron chi connectivity index (χ2n) is 11.8. The summed E-state index contributed by atoms with van der Waals surface area (Å²) in [5, 5.41) is 13.9.